The van der Waals surface area contributed by atoms with E-state index >= 15 is 0 Å². The number of hydrogen-bond acceptors (Lipinski definition) is 0. The summed E-state index contributed by atoms with van der Waals surface area (Å²) in [5.41, 5.74) is 3.30. The summed E-state index contributed by atoms with van der Waals surface area (Å²) >= 11 is 2.71. The highest BCUT2D eigenvalue weighted by molar-refractivity contribution is 14.1. The lowest BCUT2D eigenvalue weighted by Gasteiger charge is -2.28. The van der Waals surface area contributed by atoms with Crippen LogP contribution in [0.15, 0.2) is 41.7 Å². The van der Waals surface area contributed by atoms with Crippen LogP contribution in [-0.2, 0) is 0 Å². The molecule has 2 aliphatic carbocycles. The molecule has 0 bridgehead atoms. The van der Waals surface area contributed by atoms with Gasteiger partial charge in [0, 0.05) is 18.6 Å². The van der Waals surface area contributed by atoms with E-state index in [-0.39, 0.29) is 0 Å². The minimum absolute atomic E-state index is 0.695. The lowest BCUT2D eigenvalue weighted by atomic mass is 9.79. The number of rotatable bonds is 1. The zero-order valence-corrected chi connectivity index (χ0v) is 13.3. The van der Waals surface area contributed by atoms with E-state index in [1.54, 1.807) is 11.1 Å². The molecule has 2 heteroatoms. The van der Waals surface area contributed by atoms with Crippen molar-refractivity contribution < 1.29 is 4.57 Å². The largest absolute Gasteiger partial charge is 0.201 e. The molecule has 0 unspecified atom stereocenters. The maximum atomic E-state index is 2.71. The summed E-state index contributed by atoms with van der Waals surface area (Å²) in [6, 6.07) is 7.11. The van der Waals surface area contributed by atoms with Crippen molar-refractivity contribution in [2.24, 2.45) is 11.8 Å². The van der Waals surface area contributed by atoms with Gasteiger partial charge in [-0.05, 0) is 38.5 Å². The van der Waals surface area contributed by atoms with E-state index in [1.807, 2.05) is 0 Å². The summed E-state index contributed by atoms with van der Waals surface area (Å²) in [6.07, 6.45) is 8.49. The van der Waals surface area contributed by atoms with Gasteiger partial charge in [-0.25, -0.2) is 4.57 Å². The summed E-state index contributed by atoms with van der Waals surface area (Å²) in [7, 11) is 0. The van der Waals surface area contributed by atoms with Crippen LogP contribution in [0.25, 0.3) is 0 Å². The van der Waals surface area contributed by atoms with Crippen LogP contribution in [0.3, 0.4) is 0 Å². The van der Waals surface area contributed by atoms with E-state index in [4.69, 9.17) is 0 Å². The number of nitrogens with zero attached hydrogens (tertiary/aromatic N) is 1. The fourth-order valence-corrected chi connectivity index (χ4v) is 5.20. The molecule has 0 amide bonds. The monoisotopic (exact) mass is 354 g/mol. The van der Waals surface area contributed by atoms with Crippen LogP contribution in [0, 0.1) is 11.8 Å². The number of aromatic nitrogens is 1. The molecule has 1 fully saturated rings. The first-order valence-corrected chi connectivity index (χ1v) is 8.16. The Kier molecular flexibility index (Phi) is 3.48. The van der Waals surface area contributed by atoms with Gasteiger partial charge in [-0.15, -0.1) is 0 Å². The molecule has 1 aromatic heterocycles. The average molecular weight is 354 g/mol. The summed E-state index contributed by atoms with van der Waals surface area (Å²) in [5.74, 6) is 1.81. The summed E-state index contributed by atoms with van der Waals surface area (Å²) in [5, 5.41) is 0. The standard InChI is InChI=1S/C16H21IN/c1-11-8-13-10-15(18-6-4-3-5-7-18)16(17)14(13)9-12(11)2/h3-7,13-16H,8-10H2,1-2H3/q+1/t13-,14-,15+,16+/m1/s1. The van der Waals surface area contributed by atoms with Crippen LogP contribution in [0.2, 0.25) is 0 Å². The minimum atomic E-state index is 0.695. The quantitative estimate of drug-likeness (QED) is 0.310. The third-order valence-electron chi connectivity index (χ3n) is 4.89. The zero-order valence-electron chi connectivity index (χ0n) is 11.1. The normalized spacial score (nSPS) is 35.7. The van der Waals surface area contributed by atoms with Gasteiger partial charge in [0.1, 0.15) is 0 Å². The number of allylic oxidation sites excluding steroid dienone is 2. The Bertz CT molecular complexity index is 465. The highest BCUT2D eigenvalue weighted by Gasteiger charge is 2.47. The van der Waals surface area contributed by atoms with Crippen LogP contribution in [0.4, 0.5) is 0 Å². The molecule has 0 aromatic carbocycles. The van der Waals surface area contributed by atoms with Gasteiger partial charge in [0.05, 0.1) is 3.92 Å². The zero-order chi connectivity index (χ0) is 12.7. The predicted octanol–water partition coefficient (Wildman–Crippen LogP) is 4.09. The third kappa shape index (κ3) is 2.13. The second-order valence-electron chi connectivity index (χ2n) is 5.96. The van der Waals surface area contributed by atoms with Gasteiger partial charge in [-0.1, -0.05) is 39.8 Å². The van der Waals surface area contributed by atoms with E-state index in [0.717, 1.165) is 15.8 Å². The fraction of sp³-hybridized carbons (Fsp3) is 0.562. The van der Waals surface area contributed by atoms with Crippen LogP contribution in [0.5, 0.6) is 0 Å². The van der Waals surface area contributed by atoms with Crippen molar-refractivity contribution in [2.45, 2.75) is 43.1 Å². The molecule has 0 aliphatic heterocycles. The van der Waals surface area contributed by atoms with E-state index in [9.17, 15) is 0 Å². The molecule has 0 N–H and O–H groups in total. The summed E-state index contributed by atoms with van der Waals surface area (Å²) in [4.78, 5) is 0. The van der Waals surface area contributed by atoms with Crippen molar-refractivity contribution in [1.29, 1.82) is 0 Å². The Morgan fingerprint density at radius 2 is 1.72 bits per heavy atom. The van der Waals surface area contributed by atoms with Crippen LogP contribution in [0.1, 0.15) is 39.2 Å². The van der Waals surface area contributed by atoms with Crippen molar-refractivity contribution in [1.82, 2.24) is 0 Å². The number of alkyl halides is 1. The van der Waals surface area contributed by atoms with Crippen LogP contribution >= 0.6 is 22.6 Å². The van der Waals surface area contributed by atoms with Crippen molar-refractivity contribution in [3.05, 3.63) is 41.7 Å². The lowest BCUT2D eigenvalue weighted by molar-refractivity contribution is -0.720. The van der Waals surface area contributed by atoms with Gasteiger partial charge in [0.15, 0.2) is 18.4 Å². The Balaban J connectivity index is 1.84. The van der Waals surface area contributed by atoms with E-state index in [2.05, 4.69) is 71.6 Å². The van der Waals surface area contributed by atoms with Gasteiger partial charge in [-0.3, -0.25) is 0 Å². The SMILES string of the molecule is CC1=C(C)C[C@@H]2[C@H](C1)C[C@H]([n+]1ccccc1)[C@H]2I. The molecule has 1 heterocycles. The molecule has 3 rings (SSSR count). The summed E-state index contributed by atoms with van der Waals surface area (Å²) in [6.45, 7) is 4.66. The Hall–Kier alpha value is -0.380. The highest BCUT2D eigenvalue weighted by Crippen LogP contribution is 2.50. The minimum Gasteiger partial charge on any atom is -0.201 e. The van der Waals surface area contributed by atoms with Gasteiger partial charge in [-0.2, -0.15) is 0 Å². The smallest absolute Gasteiger partial charge is 0.170 e. The maximum Gasteiger partial charge on any atom is 0.170 e. The number of pyridine rings is 1. The second-order valence-corrected chi connectivity index (χ2v) is 7.40. The van der Waals surface area contributed by atoms with Crippen LogP contribution < -0.4 is 4.57 Å². The summed E-state index contributed by atoms with van der Waals surface area (Å²) < 4.78 is 3.21. The Labute approximate surface area is 123 Å². The first kappa shape index (κ1) is 12.6. The molecular formula is C16H21IN+. The predicted molar refractivity (Wildman–Crippen MR) is 82.7 cm³/mol. The molecule has 96 valence electrons. The van der Waals surface area contributed by atoms with Crippen molar-refractivity contribution in [3.8, 4) is 0 Å². The van der Waals surface area contributed by atoms with Gasteiger partial charge in [0.25, 0.3) is 0 Å². The molecular weight excluding hydrogens is 333 g/mol. The molecule has 1 saturated carbocycles. The molecule has 1 nitrogen and oxygen atoms in total. The Morgan fingerprint density at radius 1 is 1.06 bits per heavy atom. The molecule has 0 saturated heterocycles. The van der Waals surface area contributed by atoms with Gasteiger partial charge in [0.2, 0.25) is 0 Å². The van der Waals surface area contributed by atoms with Gasteiger partial charge < -0.3 is 0 Å². The van der Waals surface area contributed by atoms with E-state index < -0.39 is 0 Å². The number of fused-ring (bicyclic) bond motifs is 1. The highest BCUT2D eigenvalue weighted by atomic mass is 127. The van der Waals surface area contributed by atoms with Crippen molar-refractivity contribution in [2.75, 3.05) is 0 Å². The van der Waals surface area contributed by atoms with Crippen molar-refractivity contribution >= 4 is 22.6 Å². The molecule has 18 heavy (non-hydrogen) atoms. The fourth-order valence-electron chi connectivity index (χ4n) is 3.69. The van der Waals surface area contributed by atoms with E-state index in [0.29, 0.717) is 6.04 Å². The average Bonchev–Trinajstić information content (AvgIpc) is 2.69. The number of hydrogen-bond donors (Lipinski definition) is 0. The molecule has 1 aromatic rings. The molecule has 4 atom stereocenters. The molecule has 2 aliphatic rings. The first-order valence-electron chi connectivity index (χ1n) is 6.92. The molecule has 0 radical (unpaired) electrons. The second kappa shape index (κ2) is 4.95. The molecule has 0 spiro atoms. The number of halogens is 1. The maximum absolute atomic E-state index is 2.71. The van der Waals surface area contributed by atoms with Crippen LogP contribution in [-0.4, -0.2) is 3.92 Å². The lowest BCUT2D eigenvalue weighted by Crippen LogP contribution is -2.41. The topological polar surface area (TPSA) is 3.88 Å². The van der Waals surface area contributed by atoms with Gasteiger partial charge >= 0.3 is 0 Å². The third-order valence-corrected chi connectivity index (χ3v) is 6.64. The van der Waals surface area contributed by atoms with Crippen molar-refractivity contribution in [3.63, 3.8) is 0 Å². The first-order chi connectivity index (χ1) is 8.66. The van der Waals surface area contributed by atoms with E-state index in [1.165, 1.54) is 19.3 Å². The Morgan fingerprint density at radius 3 is 2.44 bits per heavy atom.